The Morgan fingerprint density at radius 2 is 1.72 bits per heavy atom. The molecule has 0 amide bonds. The first-order valence-electron chi connectivity index (χ1n) is 6.09. The maximum absolute atomic E-state index is 5.35. The standard InChI is InChI=1S/C16H17IO/c1-4-12-5-7-13(8-6-12)14-9-10-15(18-3)16(17)11(14)2/h5-10H,4H2,1-3H3. The lowest BCUT2D eigenvalue weighted by Gasteiger charge is -2.12. The molecule has 0 fully saturated rings. The first kappa shape index (κ1) is 13.4. The summed E-state index contributed by atoms with van der Waals surface area (Å²) in [6.07, 6.45) is 1.08. The second-order valence-electron chi connectivity index (χ2n) is 4.30. The molecule has 0 aliphatic heterocycles. The fraction of sp³-hybridized carbons (Fsp3) is 0.250. The zero-order chi connectivity index (χ0) is 13.1. The highest BCUT2D eigenvalue weighted by Crippen LogP contribution is 2.32. The van der Waals surface area contributed by atoms with Gasteiger partial charge in [0.25, 0.3) is 0 Å². The van der Waals surface area contributed by atoms with Gasteiger partial charge in [-0.15, -0.1) is 0 Å². The molecule has 0 saturated carbocycles. The van der Waals surface area contributed by atoms with E-state index in [1.807, 2.05) is 6.07 Å². The molecule has 18 heavy (non-hydrogen) atoms. The van der Waals surface area contributed by atoms with E-state index in [9.17, 15) is 0 Å². The summed E-state index contributed by atoms with van der Waals surface area (Å²) in [7, 11) is 1.71. The lowest BCUT2D eigenvalue weighted by Crippen LogP contribution is -1.93. The van der Waals surface area contributed by atoms with E-state index in [0.29, 0.717) is 0 Å². The van der Waals surface area contributed by atoms with E-state index in [0.717, 1.165) is 12.2 Å². The van der Waals surface area contributed by atoms with Crippen LogP contribution in [-0.2, 0) is 6.42 Å². The van der Waals surface area contributed by atoms with Gasteiger partial charge in [0, 0.05) is 0 Å². The molecular formula is C16H17IO. The second-order valence-corrected chi connectivity index (χ2v) is 5.38. The van der Waals surface area contributed by atoms with Gasteiger partial charge >= 0.3 is 0 Å². The van der Waals surface area contributed by atoms with Crippen LogP contribution in [0.1, 0.15) is 18.1 Å². The van der Waals surface area contributed by atoms with Crippen LogP contribution >= 0.6 is 22.6 Å². The van der Waals surface area contributed by atoms with E-state index >= 15 is 0 Å². The first-order valence-corrected chi connectivity index (χ1v) is 7.17. The number of ether oxygens (including phenoxy) is 1. The van der Waals surface area contributed by atoms with E-state index in [1.165, 1.54) is 25.8 Å². The van der Waals surface area contributed by atoms with E-state index in [-0.39, 0.29) is 0 Å². The van der Waals surface area contributed by atoms with Gasteiger partial charge in [0.2, 0.25) is 0 Å². The number of methoxy groups -OCH3 is 1. The van der Waals surface area contributed by atoms with E-state index in [1.54, 1.807) is 7.11 Å². The van der Waals surface area contributed by atoms with Crippen molar-refractivity contribution in [3.63, 3.8) is 0 Å². The Morgan fingerprint density at radius 3 is 2.28 bits per heavy atom. The normalized spacial score (nSPS) is 10.4. The molecule has 0 N–H and O–H groups in total. The van der Waals surface area contributed by atoms with Crippen molar-refractivity contribution in [2.45, 2.75) is 20.3 Å². The molecule has 0 heterocycles. The van der Waals surface area contributed by atoms with Crippen molar-refractivity contribution in [3.05, 3.63) is 51.1 Å². The van der Waals surface area contributed by atoms with Gasteiger partial charge in [-0.2, -0.15) is 0 Å². The molecule has 0 saturated heterocycles. The first-order chi connectivity index (χ1) is 8.67. The van der Waals surface area contributed by atoms with E-state index < -0.39 is 0 Å². The minimum atomic E-state index is 0.946. The maximum Gasteiger partial charge on any atom is 0.132 e. The summed E-state index contributed by atoms with van der Waals surface area (Å²) in [6.45, 7) is 4.32. The molecule has 0 aliphatic carbocycles. The van der Waals surface area contributed by atoms with Gasteiger partial charge in [-0.1, -0.05) is 37.3 Å². The Hall–Kier alpha value is -1.03. The number of hydrogen-bond acceptors (Lipinski definition) is 1. The second kappa shape index (κ2) is 5.74. The van der Waals surface area contributed by atoms with Gasteiger partial charge in [-0.3, -0.25) is 0 Å². The van der Waals surface area contributed by atoms with Crippen LogP contribution in [0.5, 0.6) is 5.75 Å². The van der Waals surface area contributed by atoms with Crippen LogP contribution in [-0.4, -0.2) is 7.11 Å². The van der Waals surface area contributed by atoms with Gasteiger partial charge in [0.1, 0.15) is 5.75 Å². The van der Waals surface area contributed by atoms with Crippen LogP contribution in [0.15, 0.2) is 36.4 Å². The molecule has 94 valence electrons. The van der Waals surface area contributed by atoms with Crippen molar-refractivity contribution < 1.29 is 4.74 Å². The lowest BCUT2D eigenvalue weighted by molar-refractivity contribution is 0.411. The average molecular weight is 352 g/mol. The van der Waals surface area contributed by atoms with Gasteiger partial charge in [0.05, 0.1) is 10.7 Å². The molecule has 0 bridgehead atoms. The molecule has 1 nitrogen and oxygen atoms in total. The van der Waals surface area contributed by atoms with Crippen LogP contribution in [0.3, 0.4) is 0 Å². The Kier molecular flexibility index (Phi) is 4.27. The van der Waals surface area contributed by atoms with Crippen molar-refractivity contribution in [2.75, 3.05) is 7.11 Å². The molecule has 2 aromatic carbocycles. The summed E-state index contributed by atoms with van der Waals surface area (Å²) in [5.74, 6) is 0.946. The van der Waals surface area contributed by atoms with E-state index in [4.69, 9.17) is 4.74 Å². The largest absolute Gasteiger partial charge is 0.496 e. The fourth-order valence-electron chi connectivity index (χ4n) is 2.05. The van der Waals surface area contributed by atoms with Crippen LogP contribution in [0.2, 0.25) is 0 Å². The monoisotopic (exact) mass is 352 g/mol. The third kappa shape index (κ3) is 2.53. The minimum absolute atomic E-state index is 0.946. The highest BCUT2D eigenvalue weighted by atomic mass is 127. The minimum Gasteiger partial charge on any atom is -0.496 e. The van der Waals surface area contributed by atoms with Gasteiger partial charge in [-0.25, -0.2) is 0 Å². The summed E-state index contributed by atoms with van der Waals surface area (Å²) in [5.41, 5.74) is 5.20. The Bertz CT molecular complexity index is 544. The molecule has 0 radical (unpaired) electrons. The van der Waals surface area contributed by atoms with Crippen molar-refractivity contribution in [2.24, 2.45) is 0 Å². The zero-order valence-corrected chi connectivity index (χ0v) is 13.1. The average Bonchev–Trinajstić information content (AvgIpc) is 2.42. The molecule has 0 aromatic heterocycles. The summed E-state index contributed by atoms with van der Waals surface area (Å²) in [4.78, 5) is 0. The molecule has 2 rings (SSSR count). The topological polar surface area (TPSA) is 9.23 Å². The Morgan fingerprint density at radius 1 is 1.06 bits per heavy atom. The van der Waals surface area contributed by atoms with Crippen molar-refractivity contribution in [3.8, 4) is 16.9 Å². The third-order valence-corrected chi connectivity index (χ3v) is 4.58. The molecule has 0 unspecified atom stereocenters. The van der Waals surface area contributed by atoms with Gasteiger partial charge in [0.15, 0.2) is 0 Å². The van der Waals surface area contributed by atoms with Crippen molar-refractivity contribution in [1.82, 2.24) is 0 Å². The van der Waals surface area contributed by atoms with Gasteiger partial charge < -0.3 is 4.74 Å². The number of rotatable bonds is 3. The summed E-state index contributed by atoms with van der Waals surface area (Å²) < 4.78 is 6.53. The number of halogens is 1. The Balaban J connectivity index is 2.47. The van der Waals surface area contributed by atoms with Crippen LogP contribution < -0.4 is 4.74 Å². The van der Waals surface area contributed by atoms with Gasteiger partial charge in [-0.05, 0) is 64.3 Å². The van der Waals surface area contributed by atoms with Crippen LogP contribution in [0.25, 0.3) is 11.1 Å². The third-order valence-electron chi connectivity index (χ3n) is 3.24. The van der Waals surface area contributed by atoms with Crippen LogP contribution in [0, 0.1) is 10.5 Å². The smallest absolute Gasteiger partial charge is 0.132 e. The molecule has 0 aliphatic rings. The highest BCUT2D eigenvalue weighted by molar-refractivity contribution is 14.1. The van der Waals surface area contributed by atoms with E-state index in [2.05, 4.69) is 66.8 Å². The molecule has 0 atom stereocenters. The SMILES string of the molecule is CCc1ccc(-c2ccc(OC)c(I)c2C)cc1. The Labute approximate surface area is 122 Å². The number of benzene rings is 2. The van der Waals surface area contributed by atoms with Crippen molar-refractivity contribution >= 4 is 22.6 Å². The van der Waals surface area contributed by atoms with Crippen molar-refractivity contribution in [1.29, 1.82) is 0 Å². The molecular weight excluding hydrogens is 335 g/mol. The molecule has 0 spiro atoms. The molecule has 2 heteroatoms. The summed E-state index contributed by atoms with van der Waals surface area (Å²) in [6, 6.07) is 13.0. The molecule has 2 aromatic rings. The fourth-order valence-corrected chi connectivity index (χ4v) is 2.74. The predicted octanol–water partition coefficient (Wildman–Crippen LogP) is 4.84. The highest BCUT2D eigenvalue weighted by Gasteiger charge is 2.09. The maximum atomic E-state index is 5.35. The number of aryl methyl sites for hydroxylation is 1. The lowest BCUT2D eigenvalue weighted by atomic mass is 9.99. The quantitative estimate of drug-likeness (QED) is 0.719. The van der Waals surface area contributed by atoms with Crippen LogP contribution in [0.4, 0.5) is 0 Å². The predicted molar refractivity (Wildman–Crippen MR) is 85.3 cm³/mol. The summed E-state index contributed by atoms with van der Waals surface area (Å²) >= 11 is 2.35. The summed E-state index contributed by atoms with van der Waals surface area (Å²) in [5, 5.41) is 0. The number of hydrogen-bond donors (Lipinski definition) is 0. The zero-order valence-electron chi connectivity index (χ0n) is 11.0.